The zero-order valence-electron chi connectivity index (χ0n) is 18.3. The zero-order valence-corrected chi connectivity index (χ0v) is 18.3. The summed E-state index contributed by atoms with van der Waals surface area (Å²) in [5.74, 6) is 0.997. The number of rotatable bonds is 4. The van der Waals surface area contributed by atoms with Gasteiger partial charge in [0.25, 0.3) is 0 Å². The van der Waals surface area contributed by atoms with E-state index in [0.29, 0.717) is 30.1 Å². The molecule has 4 fully saturated rings. The van der Waals surface area contributed by atoms with Crippen LogP contribution >= 0.6 is 0 Å². The van der Waals surface area contributed by atoms with Gasteiger partial charge >= 0.3 is 5.97 Å². The molecule has 5 nitrogen and oxygen atoms in total. The van der Waals surface area contributed by atoms with Crippen LogP contribution in [0.3, 0.4) is 0 Å². The lowest BCUT2D eigenvalue weighted by Crippen LogP contribution is -2.62. The molecule has 0 saturated heterocycles. The molecule has 0 bridgehead atoms. The normalized spacial score (nSPS) is 52.9. The molecule has 166 valence electrons. The van der Waals surface area contributed by atoms with Gasteiger partial charge in [-0.15, -0.1) is 0 Å². The molecule has 1 unspecified atom stereocenters. The van der Waals surface area contributed by atoms with Gasteiger partial charge in [0.15, 0.2) is 0 Å². The fourth-order valence-corrected chi connectivity index (χ4v) is 8.68. The third kappa shape index (κ3) is 3.27. The minimum Gasteiger partial charge on any atom is -0.481 e. The maximum Gasteiger partial charge on any atom is 0.303 e. The van der Waals surface area contributed by atoms with E-state index in [-0.39, 0.29) is 41.3 Å². The van der Waals surface area contributed by atoms with Crippen LogP contribution in [-0.4, -0.2) is 44.7 Å². The number of aliphatic hydroxyl groups is 3. The van der Waals surface area contributed by atoms with E-state index in [9.17, 15) is 20.1 Å². The Labute approximate surface area is 174 Å². The highest BCUT2D eigenvalue weighted by Crippen LogP contribution is 2.68. The lowest BCUT2D eigenvalue weighted by molar-refractivity contribution is -0.207. The molecule has 11 atom stereocenters. The van der Waals surface area contributed by atoms with E-state index < -0.39 is 12.1 Å². The molecule has 0 heterocycles. The summed E-state index contributed by atoms with van der Waals surface area (Å²) in [5.41, 5.74) is -0.143. The molecule has 0 spiro atoms. The van der Waals surface area contributed by atoms with E-state index in [1.807, 2.05) is 0 Å². The Morgan fingerprint density at radius 3 is 2.45 bits per heavy atom. The topological polar surface area (TPSA) is 98.0 Å². The van der Waals surface area contributed by atoms with Crippen LogP contribution in [0, 0.1) is 46.3 Å². The van der Waals surface area contributed by atoms with Crippen LogP contribution in [0.4, 0.5) is 0 Å². The van der Waals surface area contributed by atoms with E-state index in [1.165, 1.54) is 0 Å². The van der Waals surface area contributed by atoms with Crippen molar-refractivity contribution in [2.45, 2.75) is 96.9 Å². The molecule has 0 aromatic carbocycles. The maximum absolute atomic E-state index is 11.5. The first-order valence-electron chi connectivity index (χ1n) is 11.8. The van der Waals surface area contributed by atoms with Gasteiger partial charge in [-0.1, -0.05) is 20.8 Å². The number of aliphatic carboxylic acids is 1. The molecule has 0 aromatic rings. The fraction of sp³-hybridized carbons (Fsp3) is 0.958. The van der Waals surface area contributed by atoms with Gasteiger partial charge in [-0.2, -0.15) is 0 Å². The van der Waals surface area contributed by atoms with Gasteiger partial charge in [0.2, 0.25) is 0 Å². The lowest BCUT2D eigenvalue weighted by atomic mass is 9.43. The highest BCUT2D eigenvalue weighted by Gasteiger charge is 2.65. The second-order valence-corrected chi connectivity index (χ2v) is 11.4. The van der Waals surface area contributed by atoms with Crippen molar-refractivity contribution in [2.24, 2.45) is 46.3 Å². The summed E-state index contributed by atoms with van der Waals surface area (Å²) >= 11 is 0. The Balaban J connectivity index is 1.61. The van der Waals surface area contributed by atoms with Gasteiger partial charge in [-0.05, 0) is 97.7 Å². The van der Waals surface area contributed by atoms with Crippen LogP contribution in [0.15, 0.2) is 0 Å². The van der Waals surface area contributed by atoms with Gasteiger partial charge in [-0.25, -0.2) is 0 Å². The van der Waals surface area contributed by atoms with Crippen molar-refractivity contribution >= 4 is 5.97 Å². The Bertz CT molecular complexity index is 637. The molecule has 29 heavy (non-hydrogen) atoms. The van der Waals surface area contributed by atoms with E-state index in [4.69, 9.17) is 5.11 Å². The Morgan fingerprint density at radius 1 is 1.03 bits per heavy atom. The summed E-state index contributed by atoms with van der Waals surface area (Å²) in [7, 11) is 0. The summed E-state index contributed by atoms with van der Waals surface area (Å²) in [5, 5.41) is 42.0. The molecule has 5 heteroatoms. The molecular weight excluding hydrogens is 368 g/mol. The third-order valence-corrected chi connectivity index (χ3v) is 10.3. The van der Waals surface area contributed by atoms with E-state index in [1.54, 1.807) is 0 Å². The molecule has 4 saturated carbocycles. The number of aliphatic hydroxyl groups excluding tert-OH is 3. The second kappa shape index (κ2) is 7.49. The maximum atomic E-state index is 11.5. The zero-order chi connectivity index (χ0) is 21.1. The summed E-state index contributed by atoms with van der Waals surface area (Å²) in [6.45, 7) is 6.72. The van der Waals surface area contributed by atoms with Crippen molar-refractivity contribution in [1.82, 2.24) is 0 Å². The van der Waals surface area contributed by atoms with Crippen LogP contribution in [0.5, 0.6) is 0 Å². The quantitative estimate of drug-likeness (QED) is 0.571. The summed E-state index contributed by atoms with van der Waals surface area (Å²) in [6, 6.07) is 0. The minimum atomic E-state index is -0.748. The second-order valence-electron chi connectivity index (χ2n) is 11.4. The van der Waals surface area contributed by atoms with E-state index >= 15 is 0 Å². The number of fused-ring (bicyclic) bond motifs is 5. The van der Waals surface area contributed by atoms with Gasteiger partial charge in [0.1, 0.15) is 0 Å². The first-order valence-corrected chi connectivity index (χ1v) is 11.8. The monoisotopic (exact) mass is 408 g/mol. The van der Waals surface area contributed by atoms with Crippen molar-refractivity contribution in [3.63, 3.8) is 0 Å². The van der Waals surface area contributed by atoms with Crippen LogP contribution in [0.25, 0.3) is 0 Å². The first kappa shape index (κ1) is 21.6. The average molecular weight is 409 g/mol. The molecule has 4 N–H and O–H groups in total. The van der Waals surface area contributed by atoms with Gasteiger partial charge < -0.3 is 20.4 Å². The highest BCUT2D eigenvalue weighted by atomic mass is 16.4. The lowest BCUT2D eigenvalue weighted by Gasteiger charge is -2.63. The van der Waals surface area contributed by atoms with Crippen LogP contribution < -0.4 is 0 Å². The predicted molar refractivity (Wildman–Crippen MR) is 110 cm³/mol. The molecule has 0 amide bonds. The van der Waals surface area contributed by atoms with Crippen molar-refractivity contribution in [3.8, 4) is 0 Å². The van der Waals surface area contributed by atoms with Crippen molar-refractivity contribution < 1.29 is 25.2 Å². The van der Waals surface area contributed by atoms with Gasteiger partial charge in [0, 0.05) is 6.42 Å². The number of hydrogen-bond donors (Lipinski definition) is 4. The largest absolute Gasteiger partial charge is 0.481 e. The number of carboxylic acids is 1. The van der Waals surface area contributed by atoms with Gasteiger partial charge in [0.05, 0.1) is 18.3 Å². The Kier molecular flexibility index (Phi) is 5.57. The molecular formula is C24H40O5. The molecule has 0 aliphatic heterocycles. The summed E-state index contributed by atoms with van der Waals surface area (Å²) < 4.78 is 0. The van der Waals surface area contributed by atoms with Crippen molar-refractivity contribution in [2.75, 3.05) is 0 Å². The number of hydrogen-bond acceptors (Lipinski definition) is 4. The van der Waals surface area contributed by atoms with Crippen LogP contribution in [0.2, 0.25) is 0 Å². The van der Waals surface area contributed by atoms with Crippen LogP contribution in [-0.2, 0) is 4.79 Å². The fourth-order valence-electron chi connectivity index (χ4n) is 8.68. The minimum absolute atomic E-state index is 0.0957. The molecule has 4 aliphatic carbocycles. The van der Waals surface area contributed by atoms with E-state index in [0.717, 1.165) is 44.9 Å². The number of carbonyl (C=O) groups is 1. The van der Waals surface area contributed by atoms with Crippen LogP contribution in [0.1, 0.15) is 78.6 Å². The standard InChI is InChI=1S/C24H40O5/c1-13(4-7-21(28)29)16-5-6-17-22-18(12-20(27)24(16,17)3)23(2)9-8-15(25)10-14(23)11-19(22)26/h13-20,22,25-27H,4-12H2,1-3H3,(H,28,29)/t13-,14+,15-,16-,17+,18+,19-,20+,22?,23+,24-/m1/s1. The summed E-state index contributed by atoms with van der Waals surface area (Å²) in [4.78, 5) is 11.1. The molecule has 4 aliphatic rings. The average Bonchev–Trinajstić information content (AvgIpc) is 3.01. The Hall–Kier alpha value is -0.650. The third-order valence-electron chi connectivity index (χ3n) is 10.3. The predicted octanol–water partition coefficient (Wildman–Crippen LogP) is 3.45. The first-order chi connectivity index (χ1) is 13.6. The van der Waals surface area contributed by atoms with Crippen molar-refractivity contribution in [1.29, 1.82) is 0 Å². The SMILES string of the molecule is C[C@H](CCC(=O)O)[C@H]1CC[C@H]2C3[C@H](O)C[C@@H]4C[C@H](O)CC[C@]4(C)[C@H]3C[C@H](O)[C@]12C. The van der Waals surface area contributed by atoms with Gasteiger partial charge in [-0.3, -0.25) is 4.79 Å². The smallest absolute Gasteiger partial charge is 0.303 e. The van der Waals surface area contributed by atoms with E-state index in [2.05, 4.69) is 20.8 Å². The Morgan fingerprint density at radius 2 is 1.76 bits per heavy atom. The molecule has 4 rings (SSSR count). The molecule has 0 aromatic heterocycles. The number of carboxylic acid groups (broad SMARTS) is 1. The highest BCUT2D eigenvalue weighted by molar-refractivity contribution is 5.66. The summed E-state index contributed by atoms with van der Waals surface area (Å²) in [6.07, 6.45) is 6.00. The molecule has 0 radical (unpaired) electrons. The van der Waals surface area contributed by atoms with Crippen molar-refractivity contribution in [3.05, 3.63) is 0 Å².